The zero-order chi connectivity index (χ0) is 14.4. The molecule has 0 spiro atoms. The third-order valence-corrected chi connectivity index (χ3v) is 3.08. The van der Waals surface area contributed by atoms with Gasteiger partial charge in [0.15, 0.2) is 0 Å². The molecule has 0 saturated heterocycles. The molecule has 0 radical (unpaired) electrons. The van der Waals surface area contributed by atoms with Gasteiger partial charge >= 0.3 is 0 Å². The van der Waals surface area contributed by atoms with Gasteiger partial charge in [0.2, 0.25) is 5.91 Å². The van der Waals surface area contributed by atoms with Gasteiger partial charge in [-0.15, -0.1) is 0 Å². The van der Waals surface area contributed by atoms with Gasteiger partial charge in [0.1, 0.15) is 11.6 Å². The second kappa shape index (κ2) is 7.19. The summed E-state index contributed by atoms with van der Waals surface area (Å²) in [7, 11) is 0. The summed E-state index contributed by atoms with van der Waals surface area (Å²) in [6, 6.07) is 2.85. The van der Waals surface area contributed by atoms with Gasteiger partial charge in [-0.05, 0) is 32.4 Å². The lowest BCUT2D eigenvalue weighted by atomic mass is 10.0. The maximum Gasteiger partial charge on any atom is 0.223 e. The molecular formula is C14H20F2N2O. The molecule has 0 heterocycles. The standard InChI is InChI=1S/C14H20F2N2O/c1-9(4-3-7-17)14(19)18-10(2)12-6-5-11(15)8-13(12)16/h5-6,8-10H,3-4,7,17H2,1-2H3,(H,18,19). The monoisotopic (exact) mass is 270 g/mol. The largest absolute Gasteiger partial charge is 0.349 e. The maximum absolute atomic E-state index is 13.5. The van der Waals surface area contributed by atoms with Crippen molar-refractivity contribution >= 4 is 5.91 Å². The van der Waals surface area contributed by atoms with Crippen LogP contribution in [0.3, 0.4) is 0 Å². The predicted octanol–water partition coefficient (Wildman–Crippen LogP) is 2.52. The number of nitrogens with two attached hydrogens (primary N) is 1. The smallest absolute Gasteiger partial charge is 0.223 e. The Balaban J connectivity index is 2.63. The molecule has 106 valence electrons. The number of benzene rings is 1. The molecule has 1 rings (SSSR count). The highest BCUT2D eigenvalue weighted by molar-refractivity contribution is 5.78. The molecule has 2 atom stereocenters. The Hall–Kier alpha value is -1.49. The van der Waals surface area contributed by atoms with Gasteiger partial charge in [0, 0.05) is 17.5 Å². The van der Waals surface area contributed by atoms with Crippen LogP contribution in [0.1, 0.15) is 38.3 Å². The van der Waals surface area contributed by atoms with Crippen molar-refractivity contribution in [1.82, 2.24) is 5.32 Å². The van der Waals surface area contributed by atoms with E-state index >= 15 is 0 Å². The quantitative estimate of drug-likeness (QED) is 0.834. The van der Waals surface area contributed by atoms with Crippen LogP contribution in [0, 0.1) is 17.6 Å². The van der Waals surface area contributed by atoms with E-state index in [-0.39, 0.29) is 17.4 Å². The first kappa shape index (κ1) is 15.6. The first-order valence-corrected chi connectivity index (χ1v) is 6.41. The normalized spacial score (nSPS) is 13.9. The fourth-order valence-electron chi connectivity index (χ4n) is 1.84. The van der Waals surface area contributed by atoms with Crippen LogP contribution in [-0.4, -0.2) is 12.5 Å². The Labute approximate surface area is 112 Å². The van der Waals surface area contributed by atoms with Crippen molar-refractivity contribution in [2.75, 3.05) is 6.54 Å². The van der Waals surface area contributed by atoms with Gasteiger partial charge in [0.05, 0.1) is 6.04 Å². The molecule has 1 aromatic carbocycles. The van der Waals surface area contributed by atoms with Crippen LogP contribution in [-0.2, 0) is 4.79 Å². The topological polar surface area (TPSA) is 55.1 Å². The van der Waals surface area contributed by atoms with Gasteiger partial charge in [0.25, 0.3) is 0 Å². The van der Waals surface area contributed by atoms with Crippen LogP contribution in [0.25, 0.3) is 0 Å². The summed E-state index contributed by atoms with van der Waals surface area (Å²) in [5, 5.41) is 2.72. The average molecular weight is 270 g/mol. The molecule has 1 aromatic rings. The molecule has 3 nitrogen and oxygen atoms in total. The summed E-state index contributed by atoms with van der Waals surface area (Å²) in [6.45, 7) is 4.02. The number of carbonyl (C=O) groups is 1. The summed E-state index contributed by atoms with van der Waals surface area (Å²) in [5.41, 5.74) is 5.66. The van der Waals surface area contributed by atoms with Crippen LogP contribution in [0.4, 0.5) is 8.78 Å². The Morgan fingerprint density at radius 1 is 1.37 bits per heavy atom. The molecule has 19 heavy (non-hydrogen) atoms. The second-order valence-corrected chi connectivity index (χ2v) is 4.73. The molecule has 0 aliphatic carbocycles. The van der Waals surface area contributed by atoms with Crippen LogP contribution in [0.15, 0.2) is 18.2 Å². The number of amides is 1. The summed E-state index contributed by atoms with van der Waals surface area (Å²) in [4.78, 5) is 11.9. The molecule has 5 heteroatoms. The van der Waals surface area contributed by atoms with Crippen molar-refractivity contribution in [3.63, 3.8) is 0 Å². The molecule has 2 unspecified atom stereocenters. The molecule has 3 N–H and O–H groups in total. The minimum atomic E-state index is -0.651. The Morgan fingerprint density at radius 3 is 2.63 bits per heavy atom. The molecule has 0 aliphatic heterocycles. The minimum Gasteiger partial charge on any atom is -0.349 e. The molecule has 1 amide bonds. The van der Waals surface area contributed by atoms with Gasteiger partial charge in [-0.1, -0.05) is 13.0 Å². The van der Waals surface area contributed by atoms with E-state index in [1.54, 1.807) is 13.8 Å². The zero-order valence-electron chi connectivity index (χ0n) is 11.2. The number of hydrogen-bond donors (Lipinski definition) is 2. The Kier molecular flexibility index (Phi) is 5.89. The summed E-state index contributed by atoms with van der Waals surface area (Å²) in [5.74, 6) is -1.60. The number of nitrogens with one attached hydrogen (secondary N) is 1. The average Bonchev–Trinajstić information content (AvgIpc) is 2.35. The highest BCUT2D eigenvalue weighted by Crippen LogP contribution is 2.18. The highest BCUT2D eigenvalue weighted by Gasteiger charge is 2.18. The van der Waals surface area contributed by atoms with Gasteiger partial charge in [-0.2, -0.15) is 0 Å². The first-order valence-electron chi connectivity index (χ1n) is 6.41. The van der Waals surface area contributed by atoms with Crippen molar-refractivity contribution < 1.29 is 13.6 Å². The van der Waals surface area contributed by atoms with E-state index in [2.05, 4.69) is 5.32 Å². The van der Waals surface area contributed by atoms with Crippen LogP contribution in [0.2, 0.25) is 0 Å². The van der Waals surface area contributed by atoms with Crippen molar-refractivity contribution in [2.45, 2.75) is 32.7 Å². The molecule has 0 fully saturated rings. The fraction of sp³-hybridized carbons (Fsp3) is 0.500. The Bertz CT molecular complexity index is 437. The van der Waals surface area contributed by atoms with E-state index in [0.717, 1.165) is 12.5 Å². The van der Waals surface area contributed by atoms with Crippen molar-refractivity contribution in [3.8, 4) is 0 Å². The molecule has 0 aliphatic rings. The number of carbonyl (C=O) groups excluding carboxylic acids is 1. The maximum atomic E-state index is 13.5. The van der Waals surface area contributed by atoms with Crippen LogP contribution >= 0.6 is 0 Å². The van der Waals surface area contributed by atoms with Crippen LogP contribution < -0.4 is 11.1 Å². The van der Waals surface area contributed by atoms with Gasteiger partial charge in [-0.25, -0.2) is 8.78 Å². The third kappa shape index (κ3) is 4.59. The van der Waals surface area contributed by atoms with E-state index in [0.29, 0.717) is 13.0 Å². The molecule has 0 bridgehead atoms. The fourth-order valence-corrected chi connectivity index (χ4v) is 1.84. The van der Waals surface area contributed by atoms with Crippen molar-refractivity contribution in [2.24, 2.45) is 11.7 Å². The predicted molar refractivity (Wildman–Crippen MR) is 70.4 cm³/mol. The van der Waals surface area contributed by atoms with E-state index in [9.17, 15) is 13.6 Å². The van der Waals surface area contributed by atoms with Crippen molar-refractivity contribution in [3.05, 3.63) is 35.4 Å². The summed E-state index contributed by atoms with van der Waals surface area (Å²) >= 11 is 0. The van der Waals surface area contributed by atoms with E-state index in [4.69, 9.17) is 5.73 Å². The van der Waals surface area contributed by atoms with Crippen LogP contribution in [0.5, 0.6) is 0 Å². The lowest BCUT2D eigenvalue weighted by Gasteiger charge is -2.18. The highest BCUT2D eigenvalue weighted by atomic mass is 19.1. The molecule has 0 saturated carbocycles. The number of hydrogen-bond acceptors (Lipinski definition) is 2. The molecular weight excluding hydrogens is 250 g/mol. The Morgan fingerprint density at radius 2 is 2.05 bits per heavy atom. The van der Waals surface area contributed by atoms with Gasteiger partial charge < -0.3 is 11.1 Å². The summed E-state index contributed by atoms with van der Waals surface area (Å²) in [6.07, 6.45) is 1.47. The molecule has 0 aromatic heterocycles. The van der Waals surface area contributed by atoms with Crippen molar-refractivity contribution in [1.29, 1.82) is 0 Å². The van der Waals surface area contributed by atoms with E-state index < -0.39 is 17.7 Å². The lowest BCUT2D eigenvalue weighted by Crippen LogP contribution is -2.32. The minimum absolute atomic E-state index is 0.148. The third-order valence-electron chi connectivity index (χ3n) is 3.08. The lowest BCUT2D eigenvalue weighted by molar-refractivity contribution is -0.125. The SMILES string of the molecule is CC(CCCN)C(=O)NC(C)c1ccc(F)cc1F. The number of rotatable bonds is 6. The first-order chi connectivity index (χ1) is 8.95. The summed E-state index contributed by atoms with van der Waals surface area (Å²) < 4.78 is 26.3. The van der Waals surface area contributed by atoms with E-state index in [1.165, 1.54) is 12.1 Å². The zero-order valence-corrected chi connectivity index (χ0v) is 11.2. The van der Waals surface area contributed by atoms with Gasteiger partial charge in [-0.3, -0.25) is 4.79 Å². The van der Waals surface area contributed by atoms with E-state index in [1.807, 2.05) is 0 Å². The second-order valence-electron chi connectivity index (χ2n) is 4.73. The number of halogens is 2.